The minimum Gasteiger partial charge on any atom is -0.494 e. The molecular formula is C15H18FN3O. The van der Waals surface area contributed by atoms with E-state index in [0.29, 0.717) is 5.56 Å². The lowest BCUT2D eigenvalue weighted by Gasteiger charge is -2.20. The van der Waals surface area contributed by atoms with Crippen LogP contribution in [0.1, 0.15) is 29.7 Å². The van der Waals surface area contributed by atoms with Crippen LogP contribution >= 0.6 is 0 Å². The van der Waals surface area contributed by atoms with E-state index in [9.17, 15) is 4.39 Å². The fraction of sp³-hybridized carbons (Fsp3) is 0.267. The lowest BCUT2D eigenvalue weighted by atomic mass is 9.94. The Morgan fingerprint density at radius 2 is 2.15 bits per heavy atom. The van der Waals surface area contributed by atoms with E-state index in [2.05, 4.69) is 10.4 Å². The van der Waals surface area contributed by atoms with E-state index < -0.39 is 11.9 Å². The average Bonchev–Trinajstić information content (AvgIpc) is 2.50. The Kier molecular flexibility index (Phi) is 4.65. The van der Waals surface area contributed by atoms with Gasteiger partial charge in [-0.3, -0.25) is 10.8 Å². The topological polar surface area (TPSA) is 60.2 Å². The summed E-state index contributed by atoms with van der Waals surface area (Å²) < 4.78 is 19.4. The fourth-order valence-corrected chi connectivity index (χ4v) is 2.27. The molecule has 5 heteroatoms. The molecule has 0 spiro atoms. The Labute approximate surface area is 117 Å². The standard InChI is InChI=1S/C15H18FN3O/c1-3-10-9-18-8-7-11(10)15(19-17)12-5-4-6-13(20-2)14(12)16/h4-9,15,19H,3,17H2,1-2H3. The van der Waals surface area contributed by atoms with Gasteiger partial charge in [0.05, 0.1) is 13.2 Å². The van der Waals surface area contributed by atoms with Crippen LogP contribution in [0, 0.1) is 5.82 Å². The number of rotatable bonds is 5. The Morgan fingerprint density at radius 1 is 1.35 bits per heavy atom. The number of hydrazine groups is 1. The van der Waals surface area contributed by atoms with Gasteiger partial charge in [0.15, 0.2) is 11.6 Å². The van der Waals surface area contributed by atoms with Crippen molar-refractivity contribution in [3.05, 3.63) is 59.2 Å². The first kappa shape index (κ1) is 14.4. The lowest BCUT2D eigenvalue weighted by molar-refractivity contribution is 0.381. The second-order valence-corrected chi connectivity index (χ2v) is 4.39. The van der Waals surface area contributed by atoms with Gasteiger partial charge >= 0.3 is 0 Å². The van der Waals surface area contributed by atoms with E-state index in [4.69, 9.17) is 10.6 Å². The van der Waals surface area contributed by atoms with Crippen LogP contribution in [0.4, 0.5) is 4.39 Å². The molecule has 2 aromatic rings. The third-order valence-corrected chi connectivity index (χ3v) is 3.32. The van der Waals surface area contributed by atoms with E-state index in [1.165, 1.54) is 7.11 Å². The normalized spacial score (nSPS) is 12.2. The maximum absolute atomic E-state index is 14.4. The molecule has 1 atom stereocenters. The highest BCUT2D eigenvalue weighted by molar-refractivity contribution is 5.40. The Hall–Kier alpha value is -1.98. The first-order valence-electron chi connectivity index (χ1n) is 6.44. The van der Waals surface area contributed by atoms with Crippen molar-refractivity contribution in [2.45, 2.75) is 19.4 Å². The summed E-state index contributed by atoms with van der Waals surface area (Å²) in [6, 6.07) is 6.43. The smallest absolute Gasteiger partial charge is 0.170 e. The van der Waals surface area contributed by atoms with E-state index >= 15 is 0 Å². The summed E-state index contributed by atoms with van der Waals surface area (Å²) in [5.74, 6) is 5.44. The molecule has 0 aliphatic rings. The van der Waals surface area contributed by atoms with Gasteiger partial charge in [-0.25, -0.2) is 9.82 Å². The summed E-state index contributed by atoms with van der Waals surface area (Å²) in [6.07, 6.45) is 4.25. The van der Waals surface area contributed by atoms with Gasteiger partial charge in [0.2, 0.25) is 0 Å². The zero-order valence-electron chi connectivity index (χ0n) is 11.6. The van der Waals surface area contributed by atoms with Gasteiger partial charge in [-0.2, -0.15) is 0 Å². The number of aryl methyl sites for hydroxylation is 1. The maximum Gasteiger partial charge on any atom is 0.170 e. The molecule has 20 heavy (non-hydrogen) atoms. The number of ether oxygens (including phenoxy) is 1. The van der Waals surface area contributed by atoms with Gasteiger partial charge in [0, 0.05) is 18.0 Å². The molecule has 4 nitrogen and oxygen atoms in total. The van der Waals surface area contributed by atoms with Crippen molar-refractivity contribution in [2.75, 3.05) is 7.11 Å². The number of hydrogen-bond acceptors (Lipinski definition) is 4. The van der Waals surface area contributed by atoms with Crippen molar-refractivity contribution in [3.8, 4) is 5.75 Å². The molecule has 1 aromatic heterocycles. The van der Waals surface area contributed by atoms with Crippen LogP contribution in [0.2, 0.25) is 0 Å². The molecule has 0 saturated heterocycles. The molecule has 0 saturated carbocycles. The van der Waals surface area contributed by atoms with E-state index in [-0.39, 0.29) is 5.75 Å². The molecule has 0 amide bonds. The van der Waals surface area contributed by atoms with Crippen molar-refractivity contribution in [1.29, 1.82) is 0 Å². The predicted molar refractivity (Wildman–Crippen MR) is 75.7 cm³/mol. The molecule has 3 N–H and O–H groups in total. The molecule has 1 unspecified atom stereocenters. The van der Waals surface area contributed by atoms with Gasteiger partial charge in [-0.15, -0.1) is 0 Å². The monoisotopic (exact) mass is 275 g/mol. The van der Waals surface area contributed by atoms with Crippen LogP contribution in [-0.4, -0.2) is 12.1 Å². The third-order valence-electron chi connectivity index (χ3n) is 3.32. The average molecular weight is 275 g/mol. The van der Waals surface area contributed by atoms with Gasteiger partial charge in [-0.05, 0) is 29.7 Å². The number of nitrogens with one attached hydrogen (secondary N) is 1. The zero-order chi connectivity index (χ0) is 14.5. The second kappa shape index (κ2) is 6.45. The van der Waals surface area contributed by atoms with Crippen molar-refractivity contribution in [1.82, 2.24) is 10.4 Å². The van der Waals surface area contributed by atoms with Crippen LogP contribution in [0.15, 0.2) is 36.7 Å². The number of methoxy groups -OCH3 is 1. The number of aromatic nitrogens is 1. The molecule has 1 heterocycles. The van der Waals surface area contributed by atoms with Crippen LogP contribution in [-0.2, 0) is 6.42 Å². The number of halogens is 1. The highest BCUT2D eigenvalue weighted by Gasteiger charge is 2.21. The van der Waals surface area contributed by atoms with Gasteiger partial charge in [0.25, 0.3) is 0 Å². The Bertz CT molecular complexity index is 589. The number of benzene rings is 1. The van der Waals surface area contributed by atoms with E-state index in [1.54, 1.807) is 30.6 Å². The number of hydrogen-bond donors (Lipinski definition) is 2. The summed E-state index contributed by atoms with van der Waals surface area (Å²) in [6.45, 7) is 2.02. The lowest BCUT2D eigenvalue weighted by Crippen LogP contribution is -2.30. The summed E-state index contributed by atoms with van der Waals surface area (Å²) in [4.78, 5) is 4.10. The first-order chi connectivity index (χ1) is 9.72. The Balaban J connectivity index is 2.53. The first-order valence-corrected chi connectivity index (χ1v) is 6.44. The SMILES string of the molecule is CCc1cnccc1C(NN)c1cccc(OC)c1F. The summed E-state index contributed by atoms with van der Waals surface area (Å²) in [7, 11) is 1.44. The van der Waals surface area contributed by atoms with Crippen LogP contribution in [0.25, 0.3) is 0 Å². The third kappa shape index (κ3) is 2.64. The number of pyridine rings is 1. The summed E-state index contributed by atoms with van der Waals surface area (Å²) in [5.41, 5.74) is 5.07. The molecule has 106 valence electrons. The quantitative estimate of drug-likeness (QED) is 0.649. The molecular weight excluding hydrogens is 257 g/mol. The highest BCUT2D eigenvalue weighted by Crippen LogP contribution is 2.30. The Morgan fingerprint density at radius 3 is 2.80 bits per heavy atom. The fourth-order valence-electron chi connectivity index (χ4n) is 2.27. The molecule has 2 rings (SSSR count). The van der Waals surface area contributed by atoms with Crippen molar-refractivity contribution < 1.29 is 9.13 Å². The molecule has 0 aliphatic carbocycles. The van der Waals surface area contributed by atoms with Gasteiger partial charge in [0.1, 0.15) is 0 Å². The number of nitrogens with zero attached hydrogens (tertiary/aromatic N) is 1. The predicted octanol–water partition coefficient (Wildman–Crippen LogP) is 2.34. The largest absolute Gasteiger partial charge is 0.494 e. The van der Waals surface area contributed by atoms with E-state index in [1.807, 2.05) is 13.0 Å². The molecule has 1 aromatic carbocycles. The molecule has 0 fully saturated rings. The second-order valence-electron chi connectivity index (χ2n) is 4.39. The number of nitrogens with two attached hydrogens (primary N) is 1. The van der Waals surface area contributed by atoms with Crippen LogP contribution in [0.5, 0.6) is 5.75 Å². The molecule has 0 aliphatic heterocycles. The van der Waals surface area contributed by atoms with Gasteiger partial charge in [-0.1, -0.05) is 19.1 Å². The maximum atomic E-state index is 14.4. The minimum absolute atomic E-state index is 0.204. The minimum atomic E-state index is -0.442. The molecule has 0 radical (unpaired) electrons. The molecule has 0 bridgehead atoms. The summed E-state index contributed by atoms with van der Waals surface area (Å²) >= 11 is 0. The van der Waals surface area contributed by atoms with Gasteiger partial charge < -0.3 is 4.74 Å². The van der Waals surface area contributed by atoms with E-state index in [0.717, 1.165) is 17.5 Å². The zero-order valence-corrected chi connectivity index (χ0v) is 11.6. The highest BCUT2D eigenvalue weighted by atomic mass is 19.1. The van der Waals surface area contributed by atoms with Crippen LogP contribution < -0.4 is 16.0 Å². The van der Waals surface area contributed by atoms with Crippen molar-refractivity contribution in [2.24, 2.45) is 5.84 Å². The van der Waals surface area contributed by atoms with Crippen molar-refractivity contribution in [3.63, 3.8) is 0 Å². The van der Waals surface area contributed by atoms with Crippen molar-refractivity contribution >= 4 is 0 Å². The van der Waals surface area contributed by atoms with Crippen LogP contribution in [0.3, 0.4) is 0 Å². The summed E-state index contributed by atoms with van der Waals surface area (Å²) in [5, 5.41) is 0.